The highest BCUT2D eigenvalue weighted by molar-refractivity contribution is 5.97. The number of allylic oxidation sites excluding steroid dienone is 1. The molecule has 194 valence electrons. The zero-order valence-electron chi connectivity index (χ0n) is 21.4. The molecule has 0 atom stereocenters. The number of amidine groups is 1. The molecule has 0 unspecified atom stereocenters. The smallest absolute Gasteiger partial charge is 0.237 e. The summed E-state index contributed by atoms with van der Waals surface area (Å²) in [5, 5.41) is 6.39. The maximum Gasteiger partial charge on any atom is 0.237 e. The van der Waals surface area contributed by atoms with E-state index in [0.717, 1.165) is 48.3 Å². The molecule has 0 aromatic heterocycles. The number of nitrogens with zero attached hydrogens (tertiary/aromatic N) is 5. The zero-order chi connectivity index (χ0) is 26.3. The number of piperazine rings is 1. The molecule has 0 aliphatic carbocycles. The summed E-state index contributed by atoms with van der Waals surface area (Å²) in [7, 11) is 0. The number of benzene rings is 1. The molecule has 0 radical (unpaired) electrons. The first-order valence-corrected chi connectivity index (χ1v) is 12.1. The number of amides is 1. The molecule has 10 heteroatoms. The second-order valence-electron chi connectivity index (χ2n) is 8.38. The standard InChI is InChI=1S/C26H38N8O2/c1-5-24(29-11-7-10-27)30-17-20(2)21(3)31-26(28-4)32-23-9-6-8-22(16-23)18-33-12-13-34(14-15-35)25(36)19-33/h6,8-9,15-17H,3-5,7,10-14,18-19,27H2,1-2H3,(H,29,30)(H,31,32)/b20-17+. The van der Waals surface area contributed by atoms with Crippen LogP contribution in [0, 0.1) is 0 Å². The van der Waals surface area contributed by atoms with Crippen LogP contribution < -0.4 is 16.4 Å². The van der Waals surface area contributed by atoms with E-state index in [1.54, 1.807) is 4.90 Å². The number of rotatable bonds is 12. The Labute approximate surface area is 213 Å². The summed E-state index contributed by atoms with van der Waals surface area (Å²) < 4.78 is 0. The quantitative estimate of drug-likeness (QED) is 0.134. The number of hydrogen-bond donors (Lipinski definition) is 3. The number of hydrogen-bond acceptors (Lipinski definition) is 6. The lowest BCUT2D eigenvalue weighted by atomic mass is 10.1. The van der Waals surface area contributed by atoms with Crippen molar-refractivity contribution in [3.63, 3.8) is 0 Å². The molecule has 0 spiro atoms. The Hall–Kier alpha value is -3.63. The Kier molecular flexibility index (Phi) is 12.2. The maximum atomic E-state index is 12.2. The van der Waals surface area contributed by atoms with E-state index in [9.17, 15) is 9.59 Å². The highest BCUT2D eigenvalue weighted by Crippen LogP contribution is 2.16. The van der Waals surface area contributed by atoms with E-state index in [2.05, 4.69) is 43.8 Å². The fourth-order valence-electron chi connectivity index (χ4n) is 3.47. The first-order chi connectivity index (χ1) is 17.4. The predicted octanol–water partition coefficient (Wildman–Crippen LogP) is 2.16. The molecule has 1 saturated heterocycles. The van der Waals surface area contributed by atoms with Gasteiger partial charge in [-0.1, -0.05) is 25.6 Å². The van der Waals surface area contributed by atoms with E-state index >= 15 is 0 Å². The molecule has 2 rings (SSSR count). The van der Waals surface area contributed by atoms with Gasteiger partial charge in [0.15, 0.2) is 0 Å². The predicted molar refractivity (Wildman–Crippen MR) is 147 cm³/mol. The molecular weight excluding hydrogens is 456 g/mol. The fourth-order valence-corrected chi connectivity index (χ4v) is 3.47. The van der Waals surface area contributed by atoms with Gasteiger partial charge in [0, 0.05) is 44.5 Å². The van der Waals surface area contributed by atoms with Crippen molar-refractivity contribution >= 4 is 36.4 Å². The van der Waals surface area contributed by atoms with E-state index in [0.29, 0.717) is 44.4 Å². The SMILES string of the molecule is C=NC(=NC(=C)/C(C)=C/NC(CC)=NCCCN)Nc1cccc(CN2CCN(CC=O)C(=O)C2)c1. The van der Waals surface area contributed by atoms with Crippen LogP contribution in [0.3, 0.4) is 0 Å². The van der Waals surface area contributed by atoms with Gasteiger partial charge in [-0.05, 0) is 49.9 Å². The van der Waals surface area contributed by atoms with Crippen molar-refractivity contribution in [1.29, 1.82) is 0 Å². The van der Waals surface area contributed by atoms with Gasteiger partial charge in [-0.25, -0.2) is 9.98 Å². The minimum atomic E-state index is -0.0303. The Morgan fingerprint density at radius 2 is 2.11 bits per heavy atom. The largest absolute Gasteiger partial charge is 0.350 e. The number of carbonyl (C=O) groups excluding carboxylic acids is 2. The Bertz CT molecular complexity index is 1010. The van der Waals surface area contributed by atoms with Gasteiger partial charge in [0.2, 0.25) is 11.9 Å². The Balaban J connectivity index is 1.99. The molecule has 1 fully saturated rings. The molecule has 1 heterocycles. The molecule has 4 N–H and O–H groups in total. The third-order valence-electron chi connectivity index (χ3n) is 5.58. The van der Waals surface area contributed by atoms with Crippen LogP contribution in [0.4, 0.5) is 5.69 Å². The summed E-state index contributed by atoms with van der Waals surface area (Å²) >= 11 is 0. The normalized spacial score (nSPS) is 15.6. The molecule has 1 aliphatic heterocycles. The maximum absolute atomic E-state index is 12.2. The van der Waals surface area contributed by atoms with Crippen LogP contribution in [0.5, 0.6) is 0 Å². The van der Waals surface area contributed by atoms with Gasteiger partial charge in [-0.3, -0.25) is 14.7 Å². The Morgan fingerprint density at radius 1 is 1.31 bits per heavy atom. The molecule has 1 amide bonds. The lowest BCUT2D eigenvalue weighted by molar-refractivity contribution is -0.137. The highest BCUT2D eigenvalue weighted by atomic mass is 16.2. The summed E-state index contributed by atoms with van der Waals surface area (Å²) in [4.78, 5) is 39.5. The van der Waals surface area contributed by atoms with Crippen LogP contribution in [0.15, 0.2) is 63.3 Å². The second-order valence-corrected chi connectivity index (χ2v) is 8.38. The lowest BCUT2D eigenvalue weighted by Crippen LogP contribution is -2.50. The van der Waals surface area contributed by atoms with E-state index < -0.39 is 0 Å². The van der Waals surface area contributed by atoms with E-state index in [-0.39, 0.29) is 12.5 Å². The van der Waals surface area contributed by atoms with Gasteiger partial charge in [0.25, 0.3) is 0 Å². The number of aliphatic imine (C=N–C) groups is 3. The Morgan fingerprint density at radius 3 is 2.78 bits per heavy atom. The number of aldehydes is 1. The van der Waals surface area contributed by atoms with Crippen LogP contribution in [0.1, 0.15) is 32.3 Å². The molecule has 1 aromatic rings. The molecule has 36 heavy (non-hydrogen) atoms. The van der Waals surface area contributed by atoms with Crippen LogP contribution in [-0.4, -0.2) is 79.8 Å². The van der Waals surface area contributed by atoms with Gasteiger partial charge in [0.1, 0.15) is 6.29 Å². The van der Waals surface area contributed by atoms with Gasteiger partial charge >= 0.3 is 0 Å². The van der Waals surface area contributed by atoms with Crippen molar-refractivity contribution < 1.29 is 9.59 Å². The molecule has 1 aliphatic rings. The first-order valence-electron chi connectivity index (χ1n) is 12.1. The van der Waals surface area contributed by atoms with Gasteiger partial charge in [-0.2, -0.15) is 0 Å². The topological polar surface area (TPSA) is 128 Å². The number of nitrogens with one attached hydrogen (secondary N) is 2. The molecule has 10 nitrogen and oxygen atoms in total. The molecular formula is C26H38N8O2. The molecule has 0 saturated carbocycles. The summed E-state index contributed by atoms with van der Waals surface area (Å²) in [5.74, 6) is 1.18. The average Bonchev–Trinajstić information content (AvgIpc) is 2.87. The monoisotopic (exact) mass is 494 g/mol. The van der Waals surface area contributed by atoms with Crippen LogP contribution >= 0.6 is 0 Å². The molecule has 1 aromatic carbocycles. The highest BCUT2D eigenvalue weighted by Gasteiger charge is 2.23. The van der Waals surface area contributed by atoms with Crippen LogP contribution in [0.25, 0.3) is 0 Å². The van der Waals surface area contributed by atoms with Crippen molar-refractivity contribution in [2.24, 2.45) is 20.7 Å². The first kappa shape index (κ1) is 28.6. The third kappa shape index (κ3) is 9.55. The molecule has 0 bridgehead atoms. The van der Waals surface area contributed by atoms with Gasteiger partial charge in [0.05, 0.1) is 24.6 Å². The van der Waals surface area contributed by atoms with Gasteiger partial charge in [-0.15, -0.1) is 0 Å². The van der Waals surface area contributed by atoms with E-state index in [4.69, 9.17) is 5.73 Å². The second kappa shape index (κ2) is 15.4. The summed E-state index contributed by atoms with van der Waals surface area (Å²) in [6.45, 7) is 15.3. The van der Waals surface area contributed by atoms with Crippen molar-refractivity contribution in [2.75, 3.05) is 44.6 Å². The van der Waals surface area contributed by atoms with Gasteiger partial charge < -0.3 is 26.1 Å². The fraction of sp³-hybridized carbons (Fsp3) is 0.423. The number of carbonyl (C=O) groups is 2. The van der Waals surface area contributed by atoms with Crippen molar-refractivity contribution in [2.45, 2.75) is 33.2 Å². The van der Waals surface area contributed by atoms with E-state index in [1.807, 2.05) is 44.3 Å². The lowest BCUT2D eigenvalue weighted by Gasteiger charge is -2.33. The van der Waals surface area contributed by atoms with Crippen LogP contribution in [-0.2, 0) is 16.1 Å². The minimum Gasteiger partial charge on any atom is -0.350 e. The minimum absolute atomic E-state index is 0.0303. The average molecular weight is 495 g/mol. The van der Waals surface area contributed by atoms with Crippen LogP contribution in [0.2, 0.25) is 0 Å². The number of guanidine groups is 1. The van der Waals surface area contributed by atoms with Crippen molar-refractivity contribution in [3.8, 4) is 0 Å². The van der Waals surface area contributed by atoms with E-state index in [1.165, 1.54) is 0 Å². The number of nitrogens with two attached hydrogens (primary N) is 1. The summed E-state index contributed by atoms with van der Waals surface area (Å²) in [6, 6.07) is 7.84. The van der Waals surface area contributed by atoms with Crippen molar-refractivity contribution in [1.82, 2.24) is 15.1 Å². The third-order valence-corrected chi connectivity index (χ3v) is 5.58. The summed E-state index contributed by atoms with van der Waals surface area (Å²) in [5.41, 5.74) is 8.75. The number of anilines is 1. The summed E-state index contributed by atoms with van der Waals surface area (Å²) in [6.07, 6.45) is 4.22. The zero-order valence-corrected chi connectivity index (χ0v) is 21.4. The van der Waals surface area contributed by atoms with Crippen molar-refractivity contribution in [3.05, 3.63) is 53.9 Å².